The molecule has 0 atom stereocenters. The van der Waals surface area contributed by atoms with Crippen LogP contribution in [0.25, 0.3) is 0 Å². The Morgan fingerprint density at radius 1 is 1.31 bits per heavy atom. The molecule has 1 rings (SSSR count). The van der Waals surface area contributed by atoms with Crippen LogP contribution in [0.4, 0.5) is 0 Å². The molecule has 74 valence electrons. The zero-order valence-electron chi connectivity index (χ0n) is 8.61. The van der Waals surface area contributed by atoms with E-state index >= 15 is 0 Å². The Hall–Kier alpha value is -0.830. The molecule has 0 unspecified atom stereocenters. The fraction of sp³-hybridized carbons (Fsp3) is 0.700. The summed E-state index contributed by atoms with van der Waals surface area (Å²) in [6.07, 6.45) is 6.95. The average molecular weight is 181 g/mol. The van der Waals surface area contributed by atoms with Crippen LogP contribution in [0, 0.1) is 0 Å². The molecule has 3 nitrogen and oxygen atoms in total. The van der Waals surface area contributed by atoms with Crippen LogP contribution in [0.2, 0.25) is 0 Å². The van der Waals surface area contributed by atoms with Crippen LogP contribution in [0.1, 0.15) is 20.3 Å². The fourth-order valence-electron chi connectivity index (χ4n) is 1.42. The number of hydrogen-bond donors (Lipinski definition) is 0. The van der Waals surface area contributed by atoms with Crippen molar-refractivity contribution in [1.29, 1.82) is 0 Å². The molecule has 0 N–H and O–H groups in total. The van der Waals surface area contributed by atoms with E-state index in [9.17, 15) is 0 Å². The Balaban J connectivity index is 2.23. The van der Waals surface area contributed by atoms with E-state index in [0.29, 0.717) is 0 Å². The fourth-order valence-corrected chi connectivity index (χ4v) is 1.42. The molecule has 0 saturated carbocycles. The largest absolute Gasteiger partial charge is 0.336 e. The molecule has 13 heavy (non-hydrogen) atoms. The van der Waals surface area contributed by atoms with Crippen molar-refractivity contribution in [3.05, 3.63) is 18.7 Å². The highest BCUT2D eigenvalue weighted by Crippen LogP contribution is 1.93. The third kappa shape index (κ3) is 3.59. The van der Waals surface area contributed by atoms with Crippen LogP contribution in [0.5, 0.6) is 0 Å². The van der Waals surface area contributed by atoms with Crippen LogP contribution in [-0.4, -0.2) is 34.1 Å². The van der Waals surface area contributed by atoms with Gasteiger partial charge in [0.15, 0.2) is 0 Å². The molecule has 0 aromatic carbocycles. The first-order valence-corrected chi connectivity index (χ1v) is 5.05. The number of nitrogens with zero attached hydrogens (tertiary/aromatic N) is 3. The van der Waals surface area contributed by atoms with Gasteiger partial charge in [0, 0.05) is 25.5 Å². The number of rotatable bonds is 6. The van der Waals surface area contributed by atoms with Crippen molar-refractivity contribution in [3.63, 3.8) is 0 Å². The van der Waals surface area contributed by atoms with Gasteiger partial charge in [0.25, 0.3) is 0 Å². The lowest BCUT2D eigenvalue weighted by Crippen LogP contribution is -2.27. The van der Waals surface area contributed by atoms with Gasteiger partial charge in [0.1, 0.15) is 0 Å². The summed E-state index contributed by atoms with van der Waals surface area (Å²) < 4.78 is 2.12. The SMILES string of the molecule is CCCN(CC)CCn1ccnc1. The van der Waals surface area contributed by atoms with E-state index in [1.54, 1.807) is 0 Å². The van der Waals surface area contributed by atoms with Gasteiger partial charge < -0.3 is 9.47 Å². The van der Waals surface area contributed by atoms with Gasteiger partial charge in [-0.05, 0) is 19.5 Å². The van der Waals surface area contributed by atoms with Crippen molar-refractivity contribution >= 4 is 0 Å². The first kappa shape index (κ1) is 10.3. The van der Waals surface area contributed by atoms with Crippen molar-refractivity contribution in [3.8, 4) is 0 Å². The quantitative estimate of drug-likeness (QED) is 0.665. The van der Waals surface area contributed by atoms with Crippen LogP contribution < -0.4 is 0 Å². The molecule has 0 radical (unpaired) electrons. The molecule has 1 aromatic heterocycles. The Kier molecular flexibility index (Phi) is 4.54. The first-order chi connectivity index (χ1) is 6.36. The van der Waals surface area contributed by atoms with Crippen molar-refractivity contribution < 1.29 is 0 Å². The lowest BCUT2D eigenvalue weighted by molar-refractivity contribution is 0.276. The predicted molar refractivity (Wildman–Crippen MR) is 54.6 cm³/mol. The summed E-state index contributed by atoms with van der Waals surface area (Å²) in [6, 6.07) is 0. The van der Waals surface area contributed by atoms with Gasteiger partial charge in [-0.25, -0.2) is 4.98 Å². The van der Waals surface area contributed by atoms with Crippen LogP contribution in [-0.2, 0) is 6.54 Å². The van der Waals surface area contributed by atoms with Gasteiger partial charge in [-0.15, -0.1) is 0 Å². The third-order valence-electron chi connectivity index (χ3n) is 2.22. The van der Waals surface area contributed by atoms with Crippen LogP contribution in [0.15, 0.2) is 18.7 Å². The highest BCUT2D eigenvalue weighted by atomic mass is 15.1. The van der Waals surface area contributed by atoms with Crippen molar-refractivity contribution in [2.45, 2.75) is 26.8 Å². The van der Waals surface area contributed by atoms with Gasteiger partial charge in [-0.2, -0.15) is 0 Å². The topological polar surface area (TPSA) is 21.1 Å². The van der Waals surface area contributed by atoms with Gasteiger partial charge in [0.05, 0.1) is 6.33 Å². The van der Waals surface area contributed by atoms with Crippen molar-refractivity contribution in [1.82, 2.24) is 14.5 Å². The minimum Gasteiger partial charge on any atom is -0.336 e. The zero-order chi connectivity index (χ0) is 9.52. The smallest absolute Gasteiger partial charge is 0.0946 e. The maximum atomic E-state index is 4.02. The summed E-state index contributed by atoms with van der Waals surface area (Å²) in [5.41, 5.74) is 0. The molecule has 0 amide bonds. The van der Waals surface area contributed by atoms with E-state index in [4.69, 9.17) is 0 Å². The summed E-state index contributed by atoms with van der Waals surface area (Å²) in [7, 11) is 0. The normalized spacial score (nSPS) is 11.0. The number of aromatic nitrogens is 2. The lowest BCUT2D eigenvalue weighted by atomic mass is 10.4. The molecule has 0 aliphatic carbocycles. The standard InChI is InChI=1S/C10H19N3/c1-3-6-12(4-2)8-9-13-7-5-11-10-13/h5,7,10H,3-4,6,8-9H2,1-2H3. The molecule has 0 aliphatic heterocycles. The Labute approximate surface area is 80.4 Å². The van der Waals surface area contributed by atoms with E-state index in [2.05, 4.69) is 28.3 Å². The number of hydrogen-bond acceptors (Lipinski definition) is 2. The van der Waals surface area contributed by atoms with Gasteiger partial charge in [0.2, 0.25) is 0 Å². The molecule has 3 heteroatoms. The van der Waals surface area contributed by atoms with E-state index in [1.807, 2.05) is 18.7 Å². The summed E-state index contributed by atoms with van der Waals surface area (Å²) in [4.78, 5) is 6.47. The van der Waals surface area contributed by atoms with Crippen LogP contribution in [0.3, 0.4) is 0 Å². The highest BCUT2D eigenvalue weighted by Gasteiger charge is 1.99. The molecule has 0 spiro atoms. The van der Waals surface area contributed by atoms with Crippen molar-refractivity contribution in [2.24, 2.45) is 0 Å². The molecular weight excluding hydrogens is 162 g/mol. The molecule has 0 saturated heterocycles. The van der Waals surface area contributed by atoms with E-state index in [1.165, 1.54) is 13.0 Å². The van der Waals surface area contributed by atoms with Crippen LogP contribution >= 0.6 is 0 Å². The number of imidazole rings is 1. The minimum atomic E-state index is 1.05. The monoisotopic (exact) mass is 181 g/mol. The maximum Gasteiger partial charge on any atom is 0.0946 e. The van der Waals surface area contributed by atoms with E-state index < -0.39 is 0 Å². The maximum absolute atomic E-state index is 4.02. The summed E-state index contributed by atoms with van der Waals surface area (Å²) >= 11 is 0. The molecule has 0 bridgehead atoms. The second-order valence-electron chi connectivity index (χ2n) is 3.23. The Bertz CT molecular complexity index is 206. The summed E-state index contributed by atoms with van der Waals surface area (Å²) in [5.74, 6) is 0. The average Bonchev–Trinajstić information content (AvgIpc) is 2.64. The Morgan fingerprint density at radius 2 is 2.15 bits per heavy atom. The molecule has 1 aromatic rings. The highest BCUT2D eigenvalue weighted by molar-refractivity contribution is 4.74. The minimum absolute atomic E-state index is 1.05. The molecule has 1 heterocycles. The van der Waals surface area contributed by atoms with Gasteiger partial charge in [-0.1, -0.05) is 13.8 Å². The van der Waals surface area contributed by atoms with Crippen molar-refractivity contribution in [2.75, 3.05) is 19.6 Å². The zero-order valence-corrected chi connectivity index (χ0v) is 8.61. The van der Waals surface area contributed by atoms with E-state index in [-0.39, 0.29) is 0 Å². The molecule has 0 fully saturated rings. The summed E-state index contributed by atoms with van der Waals surface area (Å²) in [5, 5.41) is 0. The first-order valence-electron chi connectivity index (χ1n) is 5.05. The second kappa shape index (κ2) is 5.75. The van der Waals surface area contributed by atoms with Gasteiger partial charge in [-0.3, -0.25) is 0 Å². The predicted octanol–water partition coefficient (Wildman–Crippen LogP) is 1.61. The molecular formula is C10H19N3. The Morgan fingerprint density at radius 3 is 2.69 bits per heavy atom. The molecule has 0 aliphatic rings. The number of likely N-dealkylation sites (N-methyl/N-ethyl adjacent to an activating group) is 1. The second-order valence-corrected chi connectivity index (χ2v) is 3.23. The summed E-state index contributed by atoms with van der Waals surface area (Å²) in [6.45, 7) is 8.95. The third-order valence-corrected chi connectivity index (χ3v) is 2.22. The van der Waals surface area contributed by atoms with E-state index in [0.717, 1.165) is 19.6 Å². The lowest BCUT2D eigenvalue weighted by Gasteiger charge is -2.19. The van der Waals surface area contributed by atoms with Gasteiger partial charge >= 0.3 is 0 Å².